The molecule has 0 unspecified atom stereocenters. The summed E-state index contributed by atoms with van der Waals surface area (Å²) in [5.74, 6) is -1.61. The highest BCUT2D eigenvalue weighted by Gasteiger charge is 2.13. The number of hydrogen-bond acceptors (Lipinski definition) is 3. The number of halogens is 2. The average molecular weight is 308 g/mol. The molecule has 0 aliphatic rings. The molecule has 4 nitrogen and oxygen atoms in total. The van der Waals surface area contributed by atoms with Gasteiger partial charge in [0.25, 0.3) is 5.91 Å². The van der Waals surface area contributed by atoms with Crippen LogP contribution < -0.4 is 5.32 Å². The van der Waals surface area contributed by atoms with Crippen LogP contribution in [-0.4, -0.2) is 19.0 Å². The number of carbonyl (C=O) groups excluding carboxylic acids is 2. The van der Waals surface area contributed by atoms with E-state index in [0.29, 0.717) is 5.69 Å². The summed E-state index contributed by atoms with van der Waals surface area (Å²) in [5.41, 5.74) is 0.662. The maximum atomic E-state index is 13.1. The lowest BCUT2D eigenvalue weighted by Crippen LogP contribution is -2.13. The van der Waals surface area contributed by atoms with Crippen LogP contribution in [0.1, 0.15) is 20.7 Å². The molecule has 0 spiro atoms. The van der Waals surface area contributed by atoms with Crippen LogP contribution in [-0.2, 0) is 4.74 Å². The van der Waals surface area contributed by atoms with E-state index in [2.05, 4.69) is 10.1 Å². The van der Waals surface area contributed by atoms with E-state index < -0.39 is 17.7 Å². The topological polar surface area (TPSA) is 55.4 Å². The second kappa shape index (κ2) is 6.37. The van der Waals surface area contributed by atoms with Gasteiger partial charge in [-0.1, -0.05) is 17.7 Å². The molecule has 2 aromatic carbocycles. The summed E-state index contributed by atoms with van der Waals surface area (Å²) in [7, 11) is 1.23. The molecule has 1 amide bonds. The zero-order chi connectivity index (χ0) is 15.4. The van der Waals surface area contributed by atoms with Crippen molar-refractivity contribution in [3.63, 3.8) is 0 Å². The zero-order valence-corrected chi connectivity index (χ0v) is 11.8. The van der Waals surface area contributed by atoms with Gasteiger partial charge in [0.1, 0.15) is 5.82 Å². The molecule has 0 atom stereocenters. The van der Waals surface area contributed by atoms with E-state index in [1.165, 1.54) is 43.5 Å². The zero-order valence-electron chi connectivity index (χ0n) is 11.0. The van der Waals surface area contributed by atoms with Gasteiger partial charge >= 0.3 is 5.97 Å². The van der Waals surface area contributed by atoms with Crippen LogP contribution >= 0.6 is 11.6 Å². The molecular weight excluding hydrogens is 297 g/mol. The Bertz CT molecular complexity index is 703. The van der Waals surface area contributed by atoms with Crippen LogP contribution in [0.3, 0.4) is 0 Å². The van der Waals surface area contributed by atoms with Gasteiger partial charge in [-0.3, -0.25) is 4.79 Å². The second-order valence-electron chi connectivity index (χ2n) is 4.15. The normalized spacial score (nSPS) is 10.0. The molecule has 0 aliphatic heterocycles. The van der Waals surface area contributed by atoms with E-state index in [-0.39, 0.29) is 16.1 Å². The summed E-state index contributed by atoms with van der Waals surface area (Å²) in [6.07, 6.45) is 0. The van der Waals surface area contributed by atoms with E-state index in [4.69, 9.17) is 11.6 Å². The van der Waals surface area contributed by atoms with E-state index in [9.17, 15) is 14.0 Å². The van der Waals surface area contributed by atoms with Gasteiger partial charge in [0.05, 0.1) is 17.7 Å². The lowest BCUT2D eigenvalue weighted by atomic mass is 10.1. The van der Waals surface area contributed by atoms with Crippen LogP contribution in [0, 0.1) is 5.82 Å². The minimum absolute atomic E-state index is 0.135. The lowest BCUT2D eigenvalue weighted by molar-refractivity contribution is 0.0600. The molecule has 1 N–H and O–H groups in total. The molecule has 0 saturated carbocycles. The number of esters is 1. The lowest BCUT2D eigenvalue weighted by Gasteiger charge is -2.08. The molecule has 0 heterocycles. The third-order valence-electron chi connectivity index (χ3n) is 2.72. The highest BCUT2D eigenvalue weighted by atomic mass is 35.5. The average Bonchev–Trinajstić information content (AvgIpc) is 2.48. The molecule has 0 fully saturated rings. The number of ether oxygens (including phenoxy) is 1. The number of carbonyl (C=O) groups is 2. The van der Waals surface area contributed by atoms with Gasteiger partial charge in [-0.25, -0.2) is 9.18 Å². The van der Waals surface area contributed by atoms with Gasteiger partial charge < -0.3 is 10.1 Å². The molecule has 0 aromatic heterocycles. The largest absolute Gasteiger partial charge is 0.465 e. The summed E-state index contributed by atoms with van der Waals surface area (Å²) >= 11 is 5.88. The van der Waals surface area contributed by atoms with Crippen molar-refractivity contribution in [2.24, 2.45) is 0 Å². The first-order chi connectivity index (χ1) is 10.0. The molecule has 0 aliphatic carbocycles. The van der Waals surface area contributed by atoms with Gasteiger partial charge in [0.15, 0.2) is 0 Å². The molecule has 0 saturated heterocycles. The van der Waals surface area contributed by atoms with Crippen molar-refractivity contribution in [3.8, 4) is 0 Å². The molecule has 21 heavy (non-hydrogen) atoms. The molecular formula is C15H11ClFNO3. The first kappa shape index (κ1) is 15.0. The van der Waals surface area contributed by atoms with Crippen LogP contribution in [0.2, 0.25) is 5.02 Å². The number of benzene rings is 2. The van der Waals surface area contributed by atoms with Crippen molar-refractivity contribution in [3.05, 3.63) is 64.4 Å². The summed E-state index contributed by atoms with van der Waals surface area (Å²) < 4.78 is 17.7. The summed E-state index contributed by atoms with van der Waals surface area (Å²) in [6, 6.07) is 9.68. The van der Waals surface area contributed by atoms with Crippen LogP contribution in [0.25, 0.3) is 0 Å². The van der Waals surface area contributed by atoms with E-state index in [1.807, 2.05) is 0 Å². The van der Waals surface area contributed by atoms with Crippen LogP contribution in [0.4, 0.5) is 10.1 Å². The molecule has 0 radical (unpaired) electrons. The number of anilines is 1. The standard InChI is InChI=1S/C15H11ClFNO3/c1-21-15(20)12-8-11(5-6-13(12)16)18-14(19)9-3-2-4-10(17)7-9/h2-8H,1H3,(H,18,19). The second-order valence-corrected chi connectivity index (χ2v) is 4.56. The Morgan fingerprint density at radius 3 is 2.62 bits per heavy atom. The van der Waals surface area contributed by atoms with E-state index >= 15 is 0 Å². The Kier molecular flexibility index (Phi) is 4.55. The maximum Gasteiger partial charge on any atom is 0.339 e. The summed E-state index contributed by atoms with van der Waals surface area (Å²) in [4.78, 5) is 23.5. The minimum Gasteiger partial charge on any atom is -0.465 e. The molecule has 6 heteroatoms. The van der Waals surface area contributed by atoms with E-state index in [0.717, 1.165) is 6.07 Å². The number of nitrogens with one attached hydrogen (secondary N) is 1. The fourth-order valence-electron chi connectivity index (χ4n) is 1.70. The van der Waals surface area contributed by atoms with Gasteiger partial charge in [-0.05, 0) is 36.4 Å². The molecule has 0 bridgehead atoms. The Hall–Kier alpha value is -2.40. The Labute approximate surface area is 125 Å². The first-order valence-corrected chi connectivity index (χ1v) is 6.34. The SMILES string of the molecule is COC(=O)c1cc(NC(=O)c2cccc(F)c2)ccc1Cl. The van der Waals surface area contributed by atoms with Crippen molar-refractivity contribution in [2.45, 2.75) is 0 Å². The highest BCUT2D eigenvalue weighted by Crippen LogP contribution is 2.22. The number of rotatable bonds is 3. The quantitative estimate of drug-likeness (QED) is 0.883. The Balaban J connectivity index is 2.24. The molecule has 108 valence electrons. The third kappa shape index (κ3) is 3.58. The summed E-state index contributed by atoms with van der Waals surface area (Å²) in [6.45, 7) is 0. The fraction of sp³-hybridized carbons (Fsp3) is 0.0667. The fourth-order valence-corrected chi connectivity index (χ4v) is 1.90. The van der Waals surface area contributed by atoms with Gasteiger partial charge in [0.2, 0.25) is 0 Å². The van der Waals surface area contributed by atoms with Crippen molar-refractivity contribution in [2.75, 3.05) is 12.4 Å². The van der Waals surface area contributed by atoms with Gasteiger partial charge in [-0.2, -0.15) is 0 Å². The maximum absolute atomic E-state index is 13.1. The first-order valence-electron chi connectivity index (χ1n) is 5.96. The van der Waals surface area contributed by atoms with Crippen molar-refractivity contribution in [1.82, 2.24) is 0 Å². The highest BCUT2D eigenvalue weighted by molar-refractivity contribution is 6.33. The number of amides is 1. The smallest absolute Gasteiger partial charge is 0.339 e. The number of methoxy groups -OCH3 is 1. The van der Waals surface area contributed by atoms with E-state index in [1.54, 1.807) is 0 Å². The Morgan fingerprint density at radius 1 is 1.19 bits per heavy atom. The van der Waals surface area contributed by atoms with Gasteiger partial charge in [-0.15, -0.1) is 0 Å². The van der Waals surface area contributed by atoms with Crippen LogP contribution in [0.5, 0.6) is 0 Å². The van der Waals surface area contributed by atoms with Crippen molar-refractivity contribution < 1.29 is 18.7 Å². The predicted molar refractivity (Wildman–Crippen MR) is 77.1 cm³/mol. The molecule has 2 rings (SSSR count). The molecule has 2 aromatic rings. The minimum atomic E-state index is -0.609. The van der Waals surface area contributed by atoms with Crippen LogP contribution in [0.15, 0.2) is 42.5 Å². The van der Waals surface area contributed by atoms with Gasteiger partial charge in [0, 0.05) is 11.3 Å². The monoisotopic (exact) mass is 307 g/mol. The van der Waals surface area contributed by atoms with Crippen molar-refractivity contribution >= 4 is 29.2 Å². The Morgan fingerprint density at radius 2 is 1.95 bits per heavy atom. The number of hydrogen-bond donors (Lipinski definition) is 1. The predicted octanol–water partition coefficient (Wildman–Crippen LogP) is 3.52. The third-order valence-corrected chi connectivity index (χ3v) is 3.05. The van der Waals surface area contributed by atoms with Crippen molar-refractivity contribution in [1.29, 1.82) is 0 Å². The summed E-state index contributed by atoms with van der Waals surface area (Å²) in [5, 5.41) is 2.77.